The van der Waals surface area contributed by atoms with Crippen molar-refractivity contribution in [3.8, 4) is 0 Å². The minimum Gasteiger partial charge on any atom is -0.396 e. The van der Waals surface area contributed by atoms with E-state index < -0.39 is 0 Å². The summed E-state index contributed by atoms with van der Waals surface area (Å²) < 4.78 is 0. The van der Waals surface area contributed by atoms with E-state index in [0.717, 1.165) is 6.42 Å². The molecule has 1 aliphatic rings. The van der Waals surface area contributed by atoms with Gasteiger partial charge in [0.25, 0.3) is 0 Å². The number of hydrogen-bond donors (Lipinski definition) is 2. The number of hydrogen-bond acceptors (Lipinski definition) is 3. The van der Waals surface area contributed by atoms with Gasteiger partial charge in [0.15, 0.2) is 0 Å². The molecule has 0 radical (unpaired) electrons. The Hall–Kier alpha value is -0.670. The Labute approximate surface area is 95.1 Å². The van der Waals surface area contributed by atoms with Crippen molar-refractivity contribution in [3.05, 3.63) is 29.8 Å². The van der Waals surface area contributed by atoms with Gasteiger partial charge in [-0.1, -0.05) is 12.1 Å². The van der Waals surface area contributed by atoms with Crippen molar-refractivity contribution in [2.24, 2.45) is 0 Å². The first-order valence-electron chi connectivity index (χ1n) is 5.42. The van der Waals surface area contributed by atoms with E-state index in [0.29, 0.717) is 6.04 Å². The molecular weight excluding hydrogens is 206 g/mol. The normalized spacial score (nSPS) is 20.5. The van der Waals surface area contributed by atoms with Gasteiger partial charge >= 0.3 is 0 Å². The fourth-order valence-electron chi connectivity index (χ4n) is 1.78. The van der Waals surface area contributed by atoms with E-state index in [1.807, 2.05) is 11.8 Å². The molecule has 2 N–H and O–H groups in total. The van der Waals surface area contributed by atoms with Crippen LogP contribution >= 0.6 is 11.8 Å². The quantitative estimate of drug-likeness (QED) is 0.820. The van der Waals surface area contributed by atoms with E-state index in [2.05, 4.69) is 29.6 Å². The summed E-state index contributed by atoms with van der Waals surface area (Å²) in [5.41, 5.74) is 2.40. The fraction of sp³-hybridized carbons (Fsp3) is 0.500. The third-order valence-corrected chi connectivity index (χ3v) is 3.82. The maximum absolute atomic E-state index is 8.80. The highest BCUT2D eigenvalue weighted by atomic mass is 32.2. The Balaban J connectivity index is 1.91. The van der Waals surface area contributed by atoms with Gasteiger partial charge in [0.05, 0.1) is 0 Å². The standard InChI is InChI=1S/C12H17NOS/c14-7-5-10-1-3-11(4-2-10)13-12-6-8-15-9-12/h1-4,12-14H,5-9H2/t12-/m1/s1. The van der Waals surface area contributed by atoms with Crippen LogP contribution in [0.15, 0.2) is 24.3 Å². The van der Waals surface area contributed by atoms with Crippen molar-refractivity contribution >= 4 is 17.4 Å². The second-order valence-electron chi connectivity index (χ2n) is 3.88. The maximum Gasteiger partial charge on any atom is 0.0471 e. The van der Waals surface area contributed by atoms with E-state index >= 15 is 0 Å². The molecule has 2 nitrogen and oxygen atoms in total. The lowest BCUT2D eigenvalue weighted by Crippen LogP contribution is -2.17. The number of benzene rings is 1. The number of aliphatic hydroxyl groups excluding tert-OH is 1. The predicted molar refractivity (Wildman–Crippen MR) is 66.6 cm³/mol. The molecular formula is C12H17NOS. The van der Waals surface area contributed by atoms with E-state index in [9.17, 15) is 0 Å². The summed E-state index contributed by atoms with van der Waals surface area (Å²) in [5.74, 6) is 2.50. The number of rotatable bonds is 4. The summed E-state index contributed by atoms with van der Waals surface area (Å²) in [5, 5.41) is 12.3. The highest BCUT2D eigenvalue weighted by molar-refractivity contribution is 7.99. The molecule has 1 heterocycles. The van der Waals surface area contributed by atoms with Crippen LogP contribution < -0.4 is 5.32 Å². The summed E-state index contributed by atoms with van der Waals surface area (Å²) in [6.07, 6.45) is 2.02. The monoisotopic (exact) mass is 223 g/mol. The molecule has 1 aromatic rings. The van der Waals surface area contributed by atoms with Crippen LogP contribution in [0.1, 0.15) is 12.0 Å². The van der Waals surface area contributed by atoms with E-state index in [4.69, 9.17) is 5.11 Å². The average molecular weight is 223 g/mol. The molecule has 0 bridgehead atoms. The molecule has 0 spiro atoms. The molecule has 1 atom stereocenters. The summed E-state index contributed by atoms with van der Waals surface area (Å²) in [7, 11) is 0. The van der Waals surface area contributed by atoms with Crippen molar-refractivity contribution in [2.75, 3.05) is 23.4 Å². The number of anilines is 1. The van der Waals surface area contributed by atoms with Gasteiger partial charge in [0, 0.05) is 24.1 Å². The zero-order valence-electron chi connectivity index (χ0n) is 8.78. The van der Waals surface area contributed by atoms with Gasteiger partial charge in [-0.3, -0.25) is 0 Å². The van der Waals surface area contributed by atoms with Crippen molar-refractivity contribution < 1.29 is 5.11 Å². The third-order valence-electron chi connectivity index (χ3n) is 2.65. The van der Waals surface area contributed by atoms with Crippen LogP contribution in [0.5, 0.6) is 0 Å². The highest BCUT2D eigenvalue weighted by Gasteiger charge is 2.14. The molecule has 1 aliphatic heterocycles. The first-order valence-corrected chi connectivity index (χ1v) is 6.58. The van der Waals surface area contributed by atoms with E-state index in [1.54, 1.807) is 0 Å². The molecule has 0 saturated carbocycles. The van der Waals surface area contributed by atoms with Crippen LogP contribution in [-0.2, 0) is 6.42 Å². The van der Waals surface area contributed by atoms with Crippen LogP contribution in [0.3, 0.4) is 0 Å². The molecule has 0 aliphatic carbocycles. The van der Waals surface area contributed by atoms with Crippen LogP contribution in [0.4, 0.5) is 5.69 Å². The second-order valence-corrected chi connectivity index (χ2v) is 5.03. The molecule has 3 heteroatoms. The Morgan fingerprint density at radius 3 is 2.73 bits per heavy atom. The van der Waals surface area contributed by atoms with Crippen molar-refractivity contribution in [1.82, 2.24) is 0 Å². The molecule has 15 heavy (non-hydrogen) atoms. The van der Waals surface area contributed by atoms with Gasteiger partial charge in [0.1, 0.15) is 0 Å². The van der Waals surface area contributed by atoms with Gasteiger partial charge in [0.2, 0.25) is 0 Å². The largest absolute Gasteiger partial charge is 0.396 e. The van der Waals surface area contributed by atoms with Crippen molar-refractivity contribution in [1.29, 1.82) is 0 Å². The van der Waals surface area contributed by atoms with Crippen LogP contribution in [0.2, 0.25) is 0 Å². The molecule has 0 amide bonds. The Morgan fingerprint density at radius 2 is 2.13 bits per heavy atom. The molecule has 1 saturated heterocycles. The smallest absolute Gasteiger partial charge is 0.0471 e. The molecule has 1 fully saturated rings. The Morgan fingerprint density at radius 1 is 1.33 bits per heavy atom. The minimum atomic E-state index is 0.228. The average Bonchev–Trinajstić information content (AvgIpc) is 2.74. The van der Waals surface area contributed by atoms with E-state index in [1.165, 1.54) is 29.2 Å². The van der Waals surface area contributed by atoms with Crippen molar-refractivity contribution in [3.63, 3.8) is 0 Å². The maximum atomic E-state index is 8.80. The topological polar surface area (TPSA) is 32.3 Å². The van der Waals surface area contributed by atoms with Crippen LogP contribution in [0.25, 0.3) is 0 Å². The first-order chi connectivity index (χ1) is 7.38. The summed E-state index contributed by atoms with van der Waals surface area (Å²) in [6.45, 7) is 0.228. The van der Waals surface area contributed by atoms with Gasteiger partial charge < -0.3 is 10.4 Å². The lowest BCUT2D eigenvalue weighted by Gasteiger charge is -2.12. The highest BCUT2D eigenvalue weighted by Crippen LogP contribution is 2.21. The Bertz CT molecular complexity index is 293. The lowest BCUT2D eigenvalue weighted by atomic mass is 10.1. The SMILES string of the molecule is OCCc1ccc(N[C@@H]2CCSC2)cc1. The predicted octanol–water partition coefficient (Wildman–Crippen LogP) is 2.14. The molecule has 2 rings (SSSR count). The summed E-state index contributed by atoms with van der Waals surface area (Å²) >= 11 is 2.02. The molecule has 0 aromatic heterocycles. The zero-order valence-corrected chi connectivity index (χ0v) is 9.59. The van der Waals surface area contributed by atoms with E-state index in [-0.39, 0.29) is 6.61 Å². The van der Waals surface area contributed by atoms with Crippen molar-refractivity contribution in [2.45, 2.75) is 18.9 Å². The molecule has 0 unspecified atom stereocenters. The van der Waals surface area contributed by atoms with Gasteiger partial charge in [-0.05, 0) is 36.3 Å². The fourth-order valence-corrected chi connectivity index (χ4v) is 2.93. The lowest BCUT2D eigenvalue weighted by molar-refractivity contribution is 0.299. The minimum absolute atomic E-state index is 0.228. The van der Waals surface area contributed by atoms with Crippen LogP contribution in [0, 0.1) is 0 Å². The summed E-state index contributed by atoms with van der Waals surface area (Å²) in [6, 6.07) is 9.02. The van der Waals surface area contributed by atoms with Gasteiger partial charge in [-0.15, -0.1) is 0 Å². The summed E-state index contributed by atoms with van der Waals surface area (Å²) in [4.78, 5) is 0. The number of nitrogens with one attached hydrogen (secondary N) is 1. The first kappa shape index (κ1) is 10.8. The zero-order chi connectivity index (χ0) is 10.5. The van der Waals surface area contributed by atoms with Crippen LogP contribution in [-0.4, -0.2) is 29.3 Å². The van der Waals surface area contributed by atoms with Gasteiger partial charge in [-0.2, -0.15) is 11.8 Å². The molecule has 82 valence electrons. The molecule has 1 aromatic carbocycles. The van der Waals surface area contributed by atoms with Gasteiger partial charge in [-0.25, -0.2) is 0 Å². The third kappa shape index (κ3) is 3.14. The number of aliphatic hydroxyl groups is 1. The number of thioether (sulfide) groups is 1. The Kier molecular flexibility index (Phi) is 3.92. The second kappa shape index (κ2) is 5.42.